The fourth-order valence-electron chi connectivity index (χ4n) is 1.69. The molecule has 0 saturated carbocycles. The van der Waals surface area contributed by atoms with Gasteiger partial charge in [-0.15, -0.1) is 0 Å². The number of benzene rings is 2. The Hall–Kier alpha value is -2.54. The second-order valence-corrected chi connectivity index (χ2v) is 4.61. The van der Waals surface area contributed by atoms with Crippen LogP contribution in [0, 0.1) is 11.6 Å². The molecule has 2 aromatic carbocycles. The predicted molar refractivity (Wildman–Crippen MR) is 78.3 cm³/mol. The van der Waals surface area contributed by atoms with Gasteiger partial charge in [0.25, 0.3) is 5.91 Å². The molecule has 0 aliphatic heterocycles. The molecular weight excluding hydrogens is 298 g/mol. The van der Waals surface area contributed by atoms with Crippen molar-refractivity contribution in [2.75, 3.05) is 5.32 Å². The molecule has 0 heterocycles. The van der Waals surface area contributed by atoms with Crippen molar-refractivity contribution >= 4 is 28.8 Å². The lowest BCUT2D eigenvalue weighted by molar-refractivity contribution is 0.102. The van der Waals surface area contributed by atoms with Gasteiger partial charge in [0.2, 0.25) is 0 Å². The summed E-state index contributed by atoms with van der Waals surface area (Å²) in [6.45, 7) is 0. The quantitative estimate of drug-likeness (QED) is 0.762. The highest BCUT2D eigenvalue weighted by Gasteiger charge is 2.13. The first-order valence-electron chi connectivity index (χ1n) is 5.77. The summed E-state index contributed by atoms with van der Waals surface area (Å²) in [5.41, 5.74) is 5.49. The van der Waals surface area contributed by atoms with E-state index < -0.39 is 23.3 Å². The van der Waals surface area contributed by atoms with Crippen molar-refractivity contribution in [2.24, 2.45) is 5.73 Å². The van der Waals surface area contributed by atoms with Crippen LogP contribution in [0.1, 0.15) is 15.9 Å². The number of hydrogen-bond donors (Lipinski definition) is 3. The molecule has 0 aliphatic rings. The molecule has 0 fully saturated rings. The van der Waals surface area contributed by atoms with Crippen LogP contribution in [-0.2, 0) is 0 Å². The molecule has 0 unspecified atom stereocenters. The molecule has 21 heavy (non-hydrogen) atoms. The SMILES string of the molecule is NC(=S)c1cc(NC(=O)c2ccc(F)cc2O)ccc1F. The Morgan fingerprint density at radius 2 is 1.86 bits per heavy atom. The lowest BCUT2D eigenvalue weighted by atomic mass is 10.1. The van der Waals surface area contributed by atoms with Gasteiger partial charge in [0.05, 0.1) is 5.56 Å². The third-order valence-electron chi connectivity index (χ3n) is 2.69. The zero-order chi connectivity index (χ0) is 15.6. The molecule has 0 spiro atoms. The van der Waals surface area contributed by atoms with Crippen LogP contribution in [-0.4, -0.2) is 16.0 Å². The van der Waals surface area contributed by atoms with Gasteiger partial charge >= 0.3 is 0 Å². The van der Waals surface area contributed by atoms with E-state index in [0.717, 1.165) is 24.3 Å². The van der Waals surface area contributed by atoms with Gasteiger partial charge in [0, 0.05) is 17.3 Å². The topological polar surface area (TPSA) is 75.3 Å². The summed E-state index contributed by atoms with van der Waals surface area (Å²) in [4.78, 5) is 11.8. The second kappa shape index (κ2) is 5.84. The number of rotatable bonds is 3. The predicted octanol–water partition coefficient (Wildman–Crippen LogP) is 2.56. The Morgan fingerprint density at radius 3 is 2.48 bits per heavy atom. The summed E-state index contributed by atoms with van der Waals surface area (Å²) in [6, 6.07) is 6.69. The molecule has 0 saturated heterocycles. The van der Waals surface area contributed by atoms with Gasteiger partial charge in [-0.25, -0.2) is 8.78 Å². The molecule has 4 N–H and O–H groups in total. The van der Waals surface area contributed by atoms with Crippen molar-refractivity contribution in [3.63, 3.8) is 0 Å². The number of carbonyl (C=O) groups excluding carboxylic acids is 1. The third kappa shape index (κ3) is 3.32. The van der Waals surface area contributed by atoms with Crippen molar-refractivity contribution < 1.29 is 18.7 Å². The van der Waals surface area contributed by atoms with Gasteiger partial charge in [-0.3, -0.25) is 4.79 Å². The number of aromatic hydroxyl groups is 1. The summed E-state index contributed by atoms with van der Waals surface area (Å²) in [6.07, 6.45) is 0. The number of phenols is 1. The van der Waals surface area contributed by atoms with E-state index in [2.05, 4.69) is 5.32 Å². The molecule has 0 bridgehead atoms. The normalized spacial score (nSPS) is 10.2. The number of nitrogens with one attached hydrogen (secondary N) is 1. The molecule has 108 valence electrons. The summed E-state index contributed by atoms with van der Waals surface area (Å²) >= 11 is 4.69. The van der Waals surface area contributed by atoms with E-state index in [-0.39, 0.29) is 21.8 Å². The van der Waals surface area contributed by atoms with Crippen LogP contribution >= 0.6 is 12.2 Å². The van der Waals surface area contributed by atoms with Crippen LogP contribution in [0.5, 0.6) is 5.75 Å². The molecule has 2 rings (SSSR count). The van der Waals surface area contributed by atoms with Crippen molar-refractivity contribution in [2.45, 2.75) is 0 Å². The standard InChI is InChI=1S/C14H10F2N2O2S/c15-7-1-3-9(12(19)5-7)14(20)18-8-2-4-11(16)10(6-8)13(17)21/h1-6,19H,(H2,17,21)(H,18,20). The summed E-state index contributed by atoms with van der Waals surface area (Å²) in [5.74, 6) is -2.44. The molecule has 7 heteroatoms. The van der Waals surface area contributed by atoms with Gasteiger partial charge < -0.3 is 16.2 Å². The summed E-state index contributed by atoms with van der Waals surface area (Å²) in [7, 11) is 0. The van der Waals surface area contributed by atoms with E-state index in [9.17, 15) is 18.7 Å². The van der Waals surface area contributed by atoms with Crippen molar-refractivity contribution in [1.82, 2.24) is 0 Å². The summed E-state index contributed by atoms with van der Waals surface area (Å²) < 4.78 is 26.3. The fourth-order valence-corrected chi connectivity index (χ4v) is 1.84. The highest BCUT2D eigenvalue weighted by atomic mass is 32.1. The van der Waals surface area contributed by atoms with Gasteiger partial charge in [0.1, 0.15) is 22.4 Å². The molecule has 0 aliphatic carbocycles. The number of carbonyl (C=O) groups is 1. The minimum Gasteiger partial charge on any atom is -0.507 e. The zero-order valence-electron chi connectivity index (χ0n) is 10.6. The minimum atomic E-state index is -0.673. The number of phenolic OH excluding ortho intramolecular Hbond substituents is 1. The highest BCUT2D eigenvalue weighted by Crippen LogP contribution is 2.21. The van der Waals surface area contributed by atoms with Gasteiger partial charge in [-0.2, -0.15) is 0 Å². The maximum Gasteiger partial charge on any atom is 0.259 e. The fraction of sp³-hybridized carbons (Fsp3) is 0. The van der Waals surface area contributed by atoms with Crippen LogP contribution in [0.4, 0.5) is 14.5 Å². The van der Waals surface area contributed by atoms with Gasteiger partial charge in [-0.1, -0.05) is 12.2 Å². The van der Waals surface area contributed by atoms with Crippen LogP contribution in [0.15, 0.2) is 36.4 Å². The van der Waals surface area contributed by atoms with E-state index in [1.165, 1.54) is 12.1 Å². The number of halogens is 2. The Kier molecular flexibility index (Phi) is 4.13. The second-order valence-electron chi connectivity index (χ2n) is 4.17. The van der Waals surface area contributed by atoms with Crippen LogP contribution in [0.25, 0.3) is 0 Å². The molecule has 0 radical (unpaired) electrons. The average Bonchev–Trinajstić information content (AvgIpc) is 2.40. The van der Waals surface area contributed by atoms with Crippen LogP contribution < -0.4 is 11.1 Å². The van der Waals surface area contributed by atoms with Crippen LogP contribution in [0.2, 0.25) is 0 Å². The Morgan fingerprint density at radius 1 is 1.14 bits per heavy atom. The van der Waals surface area contributed by atoms with Crippen LogP contribution in [0.3, 0.4) is 0 Å². The van der Waals surface area contributed by atoms with Crippen molar-refractivity contribution in [1.29, 1.82) is 0 Å². The Labute approximate surface area is 124 Å². The first-order chi connectivity index (χ1) is 9.88. The van der Waals surface area contributed by atoms with E-state index >= 15 is 0 Å². The minimum absolute atomic E-state index is 0.00821. The third-order valence-corrected chi connectivity index (χ3v) is 2.91. The van der Waals surface area contributed by atoms with Gasteiger partial charge in [-0.05, 0) is 30.3 Å². The van der Waals surface area contributed by atoms with E-state index in [1.807, 2.05) is 0 Å². The molecule has 1 amide bonds. The van der Waals surface area contributed by atoms with E-state index in [0.29, 0.717) is 0 Å². The van der Waals surface area contributed by atoms with Gasteiger partial charge in [0.15, 0.2) is 0 Å². The maximum absolute atomic E-state index is 13.4. The largest absolute Gasteiger partial charge is 0.507 e. The lowest BCUT2D eigenvalue weighted by Gasteiger charge is -2.09. The van der Waals surface area contributed by atoms with Crippen molar-refractivity contribution in [3.05, 3.63) is 59.2 Å². The first-order valence-corrected chi connectivity index (χ1v) is 6.18. The molecule has 0 atom stereocenters. The average molecular weight is 308 g/mol. The van der Waals surface area contributed by atoms with E-state index in [4.69, 9.17) is 18.0 Å². The monoisotopic (exact) mass is 308 g/mol. The number of nitrogens with two attached hydrogens (primary N) is 1. The van der Waals surface area contributed by atoms with E-state index in [1.54, 1.807) is 0 Å². The highest BCUT2D eigenvalue weighted by molar-refractivity contribution is 7.80. The number of anilines is 1. The Bertz CT molecular complexity index is 735. The van der Waals surface area contributed by atoms with Crippen molar-refractivity contribution in [3.8, 4) is 5.75 Å². The smallest absolute Gasteiger partial charge is 0.259 e. The number of amides is 1. The molecule has 4 nitrogen and oxygen atoms in total. The molecular formula is C14H10F2N2O2S. The number of hydrogen-bond acceptors (Lipinski definition) is 3. The number of thiocarbonyl (C=S) groups is 1. The molecule has 0 aromatic heterocycles. The maximum atomic E-state index is 13.4. The summed E-state index contributed by atoms with van der Waals surface area (Å²) in [5, 5.41) is 12.0. The first kappa shape index (κ1) is 14.9. The molecule has 2 aromatic rings. The lowest BCUT2D eigenvalue weighted by Crippen LogP contribution is -2.15. The Balaban J connectivity index is 2.27. The zero-order valence-corrected chi connectivity index (χ0v) is 11.4.